The van der Waals surface area contributed by atoms with Gasteiger partial charge >= 0.3 is 0 Å². The molecule has 1 aromatic rings. The van der Waals surface area contributed by atoms with E-state index in [-0.39, 0.29) is 0 Å². The van der Waals surface area contributed by atoms with Gasteiger partial charge in [-0.1, -0.05) is 0 Å². The maximum atomic E-state index is 5.26. The first-order valence-electron chi connectivity index (χ1n) is 4.49. The van der Waals surface area contributed by atoms with E-state index < -0.39 is 0 Å². The summed E-state index contributed by atoms with van der Waals surface area (Å²) in [6, 6.07) is 0. The van der Waals surface area contributed by atoms with Crippen LogP contribution in [-0.4, -0.2) is 46.0 Å². The van der Waals surface area contributed by atoms with Gasteiger partial charge in [-0.3, -0.25) is 9.58 Å². The van der Waals surface area contributed by atoms with Crippen LogP contribution in [0.15, 0.2) is 6.33 Å². The standard InChI is InChI=1S/C8H14N4O/c1-11-8(9-7-10-11)6-12-2-4-13-5-3-12/h7H,2-6H2,1H3. The molecule has 0 aliphatic carbocycles. The average molecular weight is 182 g/mol. The Morgan fingerprint density at radius 1 is 1.46 bits per heavy atom. The average Bonchev–Trinajstić information content (AvgIpc) is 2.54. The van der Waals surface area contributed by atoms with Crippen LogP contribution in [0.2, 0.25) is 0 Å². The van der Waals surface area contributed by atoms with Gasteiger partial charge in [0.15, 0.2) is 0 Å². The molecule has 0 bridgehead atoms. The van der Waals surface area contributed by atoms with Gasteiger partial charge in [0.2, 0.25) is 0 Å². The lowest BCUT2D eigenvalue weighted by Crippen LogP contribution is -2.36. The van der Waals surface area contributed by atoms with Crippen LogP contribution >= 0.6 is 0 Å². The quantitative estimate of drug-likeness (QED) is 0.627. The molecular weight excluding hydrogens is 168 g/mol. The first-order chi connectivity index (χ1) is 6.36. The molecule has 0 unspecified atom stereocenters. The summed E-state index contributed by atoms with van der Waals surface area (Å²) in [7, 11) is 1.92. The van der Waals surface area contributed by atoms with Crippen molar-refractivity contribution in [3.63, 3.8) is 0 Å². The van der Waals surface area contributed by atoms with Crippen molar-refractivity contribution in [1.82, 2.24) is 19.7 Å². The zero-order valence-electron chi connectivity index (χ0n) is 7.81. The minimum atomic E-state index is 0.831. The molecule has 0 atom stereocenters. The van der Waals surface area contributed by atoms with Crippen molar-refractivity contribution >= 4 is 0 Å². The molecule has 1 aliphatic rings. The van der Waals surface area contributed by atoms with E-state index in [1.54, 1.807) is 6.33 Å². The summed E-state index contributed by atoms with van der Waals surface area (Å²) in [4.78, 5) is 6.51. The van der Waals surface area contributed by atoms with Crippen LogP contribution in [0.3, 0.4) is 0 Å². The van der Waals surface area contributed by atoms with E-state index >= 15 is 0 Å². The van der Waals surface area contributed by atoms with Gasteiger partial charge in [-0.15, -0.1) is 0 Å². The zero-order chi connectivity index (χ0) is 9.10. The number of aryl methyl sites for hydroxylation is 1. The van der Waals surface area contributed by atoms with Crippen molar-refractivity contribution in [2.45, 2.75) is 6.54 Å². The molecule has 5 nitrogen and oxygen atoms in total. The Kier molecular flexibility index (Phi) is 2.56. The van der Waals surface area contributed by atoms with Crippen molar-refractivity contribution in [2.24, 2.45) is 7.05 Å². The highest BCUT2D eigenvalue weighted by Gasteiger charge is 2.12. The molecule has 2 rings (SSSR count). The number of rotatable bonds is 2. The van der Waals surface area contributed by atoms with E-state index in [0.29, 0.717) is 0 Å². The second-order valence-corrected chi connectivity index (χ2v) is 3.19. The van der Waals surface area contributed by atoms with Crippen LogP contribution in [-0.2, 0) is 18.3 Å². The first kappa shape index (κ1) is 8.65. The molecule has 2 heterocycles. The van der Waals surface area contributed by atoms with Gasteiger partial charge in [0.05, 0.1) is 19.8 Å². The van der Waals surface area contributed by atoms with Gasteiger partial charge in [0.25, 0.3) is 0 Å². The van der Waals surface area contributed by atoms with Crippen LogP contribution < -0.4 is 0 Å². The smallest absolute Gasteiger partial charge is 0.140 e. The van der Waals surface area contributed by atoms with Gasteiger partial charge in [-0.25, -0.2) is 4.98 Å². The molecule has 0 saturated carbocycles. The lowest BCUT2D eigenvalue weighted by atomic mass is 10.4. The number of aromatic nitrogens is 3. The predicted octanol–water partition coefficient (Wildman–Crippen LogP) is -0.353. The summed E-state index contributed by atoms with van der Waals surface area (Å²) in [5, 5.41) is 4.03. The molecule has 0 radical (unpaired) electrons. The van der Waals surface area contributed by atoms with Gasteiger partial charge in [0.1, 0.15) is 12.2 Å². The fraction of sp³-hybridized carbons (Fsp3) is 0.750. The minimum absolute atomic E-state index is 0.831. The number of morpholine rings is 1. The maximum Gasteiger partial charge on any atom is 0.140 e. The largest absolute Gasteiger partial charge is 0.379 e. The van der Waals surface area contributed by atoms with E-state index in [1.807, 2.05) is 11.7 Å². The van der Waals surface area contributed by atoms with E-state index in [4.69, 9.17) is 4.74 Å². The number of hydrogen-bond donors (Lipinski definition) is 0. The monoisotopic (exact) mass is 182 g/mol. The third-order valence-electron chi connectivity index (χ3n) is 2.27. The Labute approximate surface area is 77.3 Å². The summed E-state index contributed by atoms with van der Waals surface area (Å²) in [6.07, 6.45) is 1.59. The van der Waals surface area contributed by atoms with Crippen LogP contribution in [0.5, 0.6) is 0 Å². The molecule has 1 aliphatic heterocycles. The zero-order valence-corrected chi connectivity index (χ0v) is 7.81. The Morgan fingerprint density at radius 2 is 2.23 bits per heavy atom. The minimum Gasteiger partial charge on any atom is -0.379 e. The third-order valence-corrected chi connectivity index (χ3v) is 2.27. The van der Waals surface area contributed by atoms with Crippen LogP contribution in [0.25, 0.3) is 0 Å². The fourth-order valence-corrected chi connectivity index (χ4v) is 1.42. The van der Waals surface area contributed by atoms with E-state index in [1.165, 1.54) is 0 Å². The Bertz CT molecular complexity index is 267. The number of ether oxygens (including phenoxy) is 1. The van der Waals surface area contributed by atoms with Crippen molar-refractivity contribution in [3.05, 3.63) is 12.2 Å². The van der Waals surface area contributed by atoms with Crippen LogP contribution in [0.4, 0.5) is 0 Å². The molecule has 1 saturated heterocycles. The van der Waals surface area contributed by atoms with E-state index in [0.717, 1.165) is 38.7 Å². The lowest BCUT2D eigenvalue weighted by molar-refractivity contribution is 0.0326. The molecule has 1 aromatic heterocycles. The van der Waals surface area contributed by atoms with Crippen LogP contribution in [0, 0.1) is 0 Å². The Balaban J connectivity index is 1.93. The van der Waals surface area contributed by atoms with Crippen molar-refractivity contribution in [3.8, 4) is 0 Å². The van der Waals surface area contributed by atoms with Crippen molar-refractivity contribution < 1.29 is 4.74 Å². The highest BCUT2D eigenvalue weighted by Crippen LogP contribution is 2.02. The van der Waals surface area contributed by atoms with Crippen molar-refractivity contribution in [2.75, 3.05) is 26.3 Å². The number of nitrogens with zero attached hydrogens (tertiary/aromatic N) is 4. The molecule has 72 valence electrons. The summed E-state index contributed by atoms with van der Waals surface area (Å²) in [5.74, 6) is 1.02. The molecule has 13 heavy (non-hydrogen) atoms. The predicted molar refractivity (Wildman–Crippen MR) is 47.1 cm³/mol. The maximum absolute atomic E-state index is 5.26. The van der Waals surface area contributed by atoms with Gasteiger partial charge in [-0.05, 0) is 0 Å². The molecular formula is C8H14N4O. The topological polar surface area (TPSA) is 43.2 Å². The molecule has 1 fully saturated rings. The summed E-state index contributed by atoms with van der Waals surface area (Å²) < 4.78 is 7.08. The summed E-state index contributed by atoms with van der Waals surface area (Å²) in [5.41, 5.74) is 0. The fourth-order valence-electron chi connectivity index (χ4n) is 1.42. The van der Waals surface area contributed by atoms with E-state index in [9.17, 15) is 0 Å². The highest BCUT2D eigenvalue weighted by molar-refractivity contribution is 4.83. The Morgan fingerprint density at radius 3 is 2.85 bits per heavy atom. The molecule has 0 amide bonds. The lowest BCUT2D eigenvalue weighted by Gasteiger charge is -2.25. The molecule has 0 N–H and O–H groups in total. The highest BCUT2D eigenvalue weighted by atomic mass is 16.5. The van der Waals surface area contributed by atoms with Crippen LogP contribution in [0.1, 0.15) is 5.82 Å². The third kappa shape index (κ3) is 2.05. The second-order valence-electron chi connectivity index (χ2n) is 3.19. The van der Waals surface area contributed by atoms with Crippen molar-refractivity contribution in [1.29, 1.82) is 0 Å². The van der Waals surface area contributed by atoms with E-state index in [2.05, 4.69) is 15.0 Å². The molecule has 0 spiro atoms. The van der Waals surface area contributed by atoms with Gasteiger partial charge in [0, 0.05) is 20.1 Å². The molecule has 0 aromatic carbocycles. The summed E-state index contributed by atoms with van der Waals surface area (Å²) >= 11 is 0. The SMILES string of the molecule is Cn1ncnc1CN1CCOCC1. The Hall–Kier alpha value is -0.940. The second kappa shape index (κ2) is 3.85. The van der Waals surface area contributed by atoms with Gasteiger partial charge < -0.3 is 4.74 Å². The first-order valence-corrected chi connectivity index (χ1v) is 4.49. The number of hydrogen-bond acceptors (Lipinski definition) is 4. The van der Waals surface area contributed by atoms with Gasteiger partial charge in [-0.2, -0.15) is 5.10 Å². The summed E-state index contributed by atoms with van der Waals surface area (Å²) in [6.45, 7) is 4.52. The normalized spacial score (nSPS) is 19.2. The molecule has 5 heteroatoms.